The number of carbonyl (C=O) groups is 2. The van der Waals surface area contributed by atoms with Gasteiger partial charge in [0.2, 0.25) is 0 Å². The molecule has 5 heteroatoms. The standard InChI is InChI=1S/C22H41NO4/c1-5-6-7-8-9-10-11-12-13-14-15-16-17-20(24)22(27,18-21(25)26)19-23(2,3)4/h16-17,27H,5-15,18-19H2,1-4H3/p+1. The number of carbonyl (C=O) groups excluding carboxylic acids is 1. The molecular formula is C22H42NO4+. The summed E-state index contributed by atoms with van der Waals surface area (Å²) in [6, 6.07) is 0. The SMILES string of the molecule is CCCCCCCCCCCCC=CC(=O)C(O)(CC(=O)O)C[N+](C)(C)C. The van der Waals surface area contributed by atoms with Gasteiger partial charge in [-0.25, -0.2) is 0 Å². The molecule has 0 aromatic carbocycles. The molecule has 0 aliphatic rings. The van der Waals surface area contributed by atoms with E-state index in [0.29, 0.717) is 4.48 Å². The molecular weight excluding hydrogens is 342 g/mol. The predicted octanol–water partition coefficient (Wildman–Crippen LogP) is 4.33. The maximum Gasteiger partial charge on any atom is 0.307 e. The maximum absolute atomic E-state index is 12.4. The molecule has 27 heavy (non-hydrogen) atoms. The summed E-state index contributed by atoms with van der Waals surface area (Å²) >= 11 is 0. The lowest BCUT2D eigenvalue weighted by Gasteiger charge is -2.33. The third-order valence-corrected chi connectivity index (χ3v) is 4.63. The van der Waals surface area contributed by atoms with E-state index in [1.54, 1.807) is 6.08 Å². The Hall–Kier alpha value is -1.20. The number of rotatable bonds is 17. The average Bonchev–Trinajstić information content (AvgIpc) is 2.53. The Balaban J connectivity index is 4.07. The highest BCUT2D eigenvalue weighted by Gasteiger charge is 2.41. The van der Waals surface area contributed by atoms with Crippen molar-refractivity contribution in [2.24, 2.45) is 0 Å². The molecule has 0 radical (unpaired) electrons. The van der Waals surface area contributed by atoms with Gasteiger partial charge in [0.1, 0.15) is 6.54 Å². The molecule has 0 aromatic rings. The van der Waals surface area contributed by atoms with Gasteiger partial charge in [-0.15, -0.1) is 0 Å². The third-order valence-electron chi connectivity index (χ3n) is 4.63. The van der Waals surface area contributed by atoms with Crippen molar-refractivity contribution >= 4 is 11.8 Å². The lowest BCUT2D eigenvalue weighted by molar-refractivity contribution is -0.875. The van der Waals surface area contributed by atoms with Gasteiger partial charge >= 0.3 is 5.97 Å². The number of hydrogen-bond donors (Lipinski definition) is 2. The van der Waals surface area contributed by atoms with E-state index in [-0.39, 0.29) is 6.54 Å². The van der Waals surface area contributed by atoms with Crippen LogP contribution in [-0.4, -0.2) is 59.7 Å². The van der Waals surface area contributed by atoms with E-state index in [1.807, 2.05) is 21.1 Å². The summed E-state index contributed by atoms with van der Waals surface area (Å²) < 4.78 is 0.321. The van der Waals surface area contributed by atoms with Gasteiger partial charge < -0.3 is 14.7 Å². The fourth-order valence-electron chi connectivity index (χ4n) is 3.35. The molecule has 2 N–H and O–H groups in total. The van der Waals surface area contributed by atoms with E-state index in [2.05, 4.69) is 6.92 Å². The molecule has 158 valence electrons. The first-order chi connectivity index (χ1) is 12.6. The first-order valence-electron chi connectivity index (χ1n) is 10.6. The summed E-state index contributed by atoms with van der Waals surface area (Å²) in [6.07, 6.45) is 16.0. The molecule has 1 atom stereocenters. The highest BCUT2D eigenvalue weighted by atomic mass is 16.4. The number of hydrogen-bond acceptors (Lipinski definition) is 3. The van der Waals surface area contributed by atoms with Crippen LogP contribution in [0.3, 0.4) is 0 Å². The first-order valence-corrected chi connectivity index (χ1v) is 10.6. The van der Waals surface area contributed by atoms with Gasteiger partial charge in [0.15, 0.2) is 11.4 Å². The zero-order chi connectivity index (χ0) is 20.8. The van der Waals surface area contributed by atoms with Gasteiger partial charge in [-0.3, -0.25) is 9.59 Å². The van der Waals surface area contributed by atoms with Crippen molar-refractivity contribution in [2.75, 3.05) is 27.7 Å². The van der Waals surface area contributed by atoms with Gasteiger partial charge in [0.05, 0.1) is 27.6 Å². The second-order valence-corrected chi connectivity index (χ2v) is 8.79. The number of ketones is 1. The van der Waals surface area contributed by atoms with Gasteiger partial charge in [-0.2, -0.15) is 0 Å². The number of allylic oxidation sites excluding steroid dienone is 1. The van der Waals surface area contributed by atoms with Gasteiger partial charge in [-0.05, 0) is 18.9 Å². The van der Waals surface area contributed by atoms with E-state index in [0.717, 1.165) is 19.3 Å². The van der Waals surface area contributed by atoms with Crippen LogP contribution in [0.2, 0.25) is 0 Å². The summed E-state index contributed by atoms with van der Waals surface area (Å²) in [5.74, 6) is -1.67. The Bertz CT molecular complexity index is 454. The Morgan fingerprint density at radius 2 is 1.37 bits per heavy atom. The Morgan fingerprint density at radius 3 is 1.81 bits per heavy atom. The Kier molecular flexibility index (Phi) is 13.3. The lowest BCUT2D eigenvalue weighted by atomic mass is 9.92. The highest BCUT2D eigenvalue weighted by molar-refractivity contribution is 5.99. The minimum absolute atomic E-state index is 0.0702. The summed E-state index contributed by atoms with van der Waals surface area (Å²) in [5, 5.41) is 19.6. The number of carboxylic acids is 1. The molecule has 0 aliphatic carbocycles. The molecule has 0 fully saturated rings. The number of likely N-dealkylation sites (N-methyl/N-ethyl adjacent to an activating group) is 1. The largest absolute Gasteiger partial charge is 0.481 e. The van der Waals surface area contributed by atoms with Crippen LogP contribution in [0.25, 0.3) is 0 Å². The van der Waals surface area contributed by atoms with Crippen molar-refractivity contribution < 1.29 is 24.3 Å². The second-order valence-electron chi connectivity index (χ2n) is 8.79. The highest BCUT2D eigenvalue weighted by Crippen LogP contribution is 2.17. The van der Waals surface area contributed by atoms with E-state index < -0.39 is 23.8 Å². The molecule has 1 unspecified atom stereocenters. The van der Waals surface area contributed by atoms with Crippen LogP contribution >= 0.6 is 0 Å². The van der Waals surface area contributed by atoms with Crippen LogP contribution in [0, 0.1) is 0 Å². The van der Waals surface area contributed by atoms with E-state index in [9.17, 15) is 14.7 Å². The zero-order valence-electron chi connectivity index (χ0n) is 18.0. The summed E-state index contributed by atoms with van der Waals surface area (Å²) in [4.78, 5) is 23.4. The van der Waals surface area contributed by atoms with Crippen molar-refractivity contribution in [3.05, 3.63) is 12.2 Å². The molecule has 0 saturated carbocycles. The molecule has 0 aromatic heterocycles. The lowest BCUT2D eigenvalue weighted by Crippen LogP contribution is -2.54. The molecule has 0 rings (SSSR count). The number of unbranched alkanes of at least 4 members (excludes halogenated alkanes) is 10. The fraction of sp³-hybridized carbons (Fsp3) is 0.818. The van der Waals surface area contributed by atoms with Gasteiger partial charge in [0, 0.05) is 0 Å². The topological polar surface area (TPSA) is 74.6 Å². The van der Waals surface area contributed by atoms with Crippen LogP contribution in [0.4, 0.5) is 0 Å². The number of quaternary nitrogens is 1. The van der Waals surface area contributed by atoms with Crippen molar-refractivity contribution in [3.8, 4) is 0 Å². The maximum atomic E-state index is 12.4. The number of nitrogens with zero attached hydrogens (tertiary/aromatic N) is 1. The molecule has 0 amide bonds. The van der Waals surface area contributed by atoms with Crippen molar-refractivity contribution in [1.29, 1.82) is 0 Å². The molecule has 5 nitrogen and oxygen atoms in total. The van der Waals surface area contributed by atoms with Crippen LogP contribution < -0.4 is 0 Å². The normalized spacial score (nSPS) is 14.4. The summed E-state index contributed by atoms with van der Waals surface area (Å²) in [5.41, 5.74) is -1.85. The minimum Gasteiger partial charge on any atom is -0.481 e. The van der Waals surface area contributed by atoms with E-state index in [4.69, 9.17) is 5.11 Å². The van der Waals surface area contributed by atoms with Crippen LogP contribution in [-0.2, 0) is 9.59 Å². The molecule has 0 bridgehead atoms. The Morgan fingerprint density at radius 1 is 0.889 bits per heavy atom. The minimum atomic E-state index is -1.85. The third kappa shape index (κ3) is 14.5. The van der Waals surface area contributed by atoms with Crippen LogP contribution in [0.5, 0.6) is 0 Å². The smallest absolute Gasteiger partial charge is 0.307 e. The molecule has 0 heterocycles. The first kappa shape index (κ1) is 25.8. The molecule has 0 spiro atoms. The molecule has 0 aliphatic heterocycles. The van der Waals surface area contributed by atoms with Crippen LogP contribution in [0.1, 0.15) is 84.0 Å². The zero-order valence-corrected chi connectivity index (χ0v) is 18.0. The second kappa shape index (κ2) is 13.9. The van der Waals surface area contributed by atoms with Gasteiger partial charge in [0.25, 0.3) is 0 Å². The Labute approximate surface area is 166 Å². The quantitative estimate of drug-likeness (QED) is 0.222. The monoisotopic (exact) mass is 384 g/mol. The van der Waals surface area contributed by atoms with Crippen molar-refractivity contribution in [3.63, 3.8) is 0 Å². The average molecular weight is 385 g/mol. The molecule has 0 saturated heterocycles. The predicted molar refractivity (Wildman–Crippen MR) is 111 cm³/mol. The number of aliphatic hydroxyl groups is 1. The number of aliphatic carboxylic acids is 1. The summed E-state index contributed by atoms with van der Waals surface area (Å²) in [7, 11) is 5.48. The van der Waals surface area contributed by atoms with Crippen molar-refractivity contribution in [2.45, 2.75) is 89.6 Å². The van der Waals surface area contributed by atoms with Crippen molar-refractivity contribution in [1.82, 2.24) is 0 Å². The van der Waals surface area contributed by atoms with E-state index in [1.165, 1.54) is 57.4 Å². The number of carboxylic acid groups (broad SMARTS) is 1. The van der Waals surface area contributed by atoms with Crippen LogP contribution in [0.15, 0.2) is 12.2 Å². The summed E-state index contributed by atoms with van der Waals surface area (Å²) in [6.45, 7) is 2.30. The van der Waals surface area contributed by atoms with Gasteiger partial charge in [-0.1, -0.05) is 70.8 Å². The fourth-order valence-corrected chi connectivity index (χ4v) is 3.35. The van der Waals surface area contributed by atoms with E-state index >= 15 is 0 Å².